The molecule has 0 bridgehead atoms. The topological polar surface area (TPSA) is 20.3 Å². The lowest BCUT2D eigenvalue weighted by Gasteiger charge is -2.32. The van der Waals surface area contributed by atoms with Gasteiger partial charge in [-0.3, -0.25) is 4.79 Å². The molecule has 0 aliphatic carbocycles. The molecule has 1 saturated heterocycles. The van der Waals surface area contributed by atoms with E-state index in [0.29, 0.717) is 5.92 Å². The fourth-order valence-electron chi connectivity index (χ4n) is 1.76. The van der Waals surface area contributed by atoms with Crippen LogP contribution < -0.4 is 0 Å². The van der Waals surface area contributed by atoms with Gasteiger partial charge in [-0.25, -0.2) is 0 Å². The molecule has 0 aromatic rings. The summed E-state index contributed by atoms with van der Waals surface area (Å²) in [6.45, 7) is 5.92. The molecule has 0 saturated carbocycles. The van der Waals surface area contributed by atoms with E-state index in [4.69, 9.17) is 11.6 Å². The molecular weight excluding hydrogens is 186 g/mol. The zero-order valence-corrected chi connectivity index (χ0v) is 9.18. The van der Waals surface area contributed by atoms with Crippen LogP contribution in [0.1, 0.15) is 33.1 Å². The molecule has 2 nitrogen and oxygen atoms in total. The first-order chi connectivity index (χ1) is 6.15. The Bertz CT molecular complexity index is 184. The molecular formula is C10H18ClNO. The summed E-state index contributed by atoms with van der Waals surface area (Å²) in [5.74, 6) is 0.758. The fourth-order valence-corrected chi connectivity index (χ4v) is 1.90. The predicted octanol–water partition coefficient (Wildman–Crippen LogP) is 2.26. The van der Waals surface area contributed by atoms with Gasteiger partial charge in [-0.1, -0.05) is 13.8 Å². The molecule has 1 heterocycles. The molecule has 2 atom stereocenters. The molecule has 0 N–H and O–H groups in total. The number of piperidine rings is 1. The number of nitrogens with zero attached hydrogens (tertiary/aromatic N) is 1. The summed E-state index contributed by atoms with van der Waals surface area (Å²) in [5.41, 5.74) is 0. The Morgan fingerprint density at radius 1 is 1.69 bits per heavy atom. The summed E-state index contributed by atoms with van der Waals surface area (Å²) in [7, 11) is 0. The molecule has 0 radical (unpaired) electrons. The van der Waals surface area contributed by atoms with Crippen LogP contribution in [0, 0.1) is 5.92 Å². The summed E-state index contributed by atoms with van der Waals surface area (Å²) in [5, 5.41) is -0.315. The van der Waals surface area contributed by atoms with Crippen LogP contribution in [0.25, 0.3) is 0 Å². The highest BCUT2D eigenvalue weighted by Crippen LogP contribution is 2.18. The zero-order valence-electron chi connectivity index (χ0n) is 8.42. The smallest absolute Gasteiger partial charge is 0.240 e. The lowest BCUT2D eigenvalue weighted by molar-refractivity contribution is -0.132. The Morgan fingerprint density at radius 3 is 2.92 bits per heavy atom. The van der Waals surface area contributed by atoms with Gasteiger partial charge in [0.15, 0.2) is 0 Å². The largest absolute Gasteiger partial charge is 0.341 e. The van der Waals surface area contributed by atoms with Crippen molar-refractivity contribution in [2.75, 3.05) is 13.1 Å². The number of hydrogen-bond acceptors (Lipinski definition) is 1. The van der Waals surface area contributed by atoms with Gasteiger partial charge in [0.25, 0.3) is 0 Å². The Balaban J connectivity index is 2.46. The van der Waals surface area contributed by atoms with Crippen LogP contribution in [0.4, 0.5) is 0 Å². The van der Waals surface area contributed by atoms with E-state index >= 15 is 0 Å². The second-order valence-electron chi connectivity index (χ2n) is 3.91. The number of alkyl halides is 1. The Kier molecular flexibility index (Phi) is 4.04. The number of rotatable bonds is 2. The standard InChI is InChI=1S/C10H18ClNO/c1-3-9(11)10(13)12-6-4-5-8(2)7-12/h8-9H,3-7H2,1-2H3/t8-,9-/m0/s1. The maximum atomic E-state index is 11.7. The molecule has 3 heteroatoms. The number of carbonyl (C=O) groups excluding carboxylic acids is 1. The average Bonchev–Trinajstić information content (AvgIpc) is 2.15. The van der Waals surface area contributed by atoms with Gasteiger partial charge in [-0.2, -0.15) is 0 Å². The minimum absolute atomic E-state index is 0.121. The molecule has 13 heavy (non-hydrogen) atoms. The summed E-state index contributed by atoms with van der Waals surface area (Å²) in [6, 6.07) is 0. The van der Waals surface area contributed by atoms with Crippen LogP contribution in [-0.4, -0.2) is 29.3 Å². The van der Waals surface area contributed by atoms with Gasteiger partial charge in [-0.15, -0.1) is 11.6 Å². The zero-order chi connectivity index (χ0) is 9.84. The molecule has 1 fully saturated rings. The summed E-state index contributed by atoms with van der Waals surface area (Å²) < 4.78 is 0. The minimum Gasteiger partial charge on any atom is -0.341 e. The molecule has 1 aliphatic rings. The van der Waals surface area contributed by atoms with E-state index in [-0.39, 0.29) is 11.3 Å². The highest BCUT2D eigenvalue weighted by Gasteiger charge is 2.24. The van der Waals surface area contributed by atoms with Crippen molar-refractivity contribution in [2.24, 2.45) is 5.92 Å². The van der Waals surface area contributed by atoms with Gasteiger partial charge < -0.3 is 4.90 Å². The molecule has 1 aliphatic heterocycles. The van der Waals surface area contributed by atoms with Crippen molar-refractivity contribution >= 4 is 17.5 Å². The molecule has 0 unspecified atom stereocenters. The molecule has 1 amide bonds. The number of carbonyl (C=O) groups is 1. The van der Waals surface area contributed by atoms with Crippen LogP contribution in [0.3, 0.4) is 0 Å². The predicted molar refractivity (Wildman–Crippen MR) is 54.9 cm³/mol. The highest BCUT2D eigenvalue weighted by atomic mass is 35.5. The van der Waals surface area contributed by atoms with Crippen molar-refractivity contribution in [2.45, 2.75) is 38.5 Å². The SMILES string of the molecule is CC[C@H](Cl)C(=O)N1CCC[C@H](C)C1. The van der Waals surface area contributed by atoms with Crippen LogP contribution in [-0.2, 0) is 4.79 Å². The van der Waals surface area contributed by atoms with Crippen LogP contribution in [0.15, 0.2) is 0 Å². The normalized spacial score (nSPS) is 25.8. The van der Waals surface area contributed by atoms with Crippen molar-refractivity contribution in [3.63, 3.8) is 0 Å². The Morgan fingerprint density at radius 2 is 2.38 bits per heavy atom. The second-order valence-corrected chi connectivity index (χ2v) is 4.43. The lowest BCUT2D eigenvalue weighted by atomic mass is 10.00. The summed E-state index contributed by atoms with van der Waals surface area (Å²) >= 11 is 5.91. The first-order valence-corrected chi connectivity index (χ1v) is 5.51. The van der Waals surface area contributed by atoms with Gasteiger partial charge in [-0.05, 0) is 25.2 Å². The van der Waals surface area contributed by atoms with E-state index in [2.05, 4.69) is 6.92 Å². The number of hydrogen-bond donors (Lipinski definition) is 0. The molecule has 76 valence electrons. The van der Waals surface area contributed by atoms with E-state index in [1.807, 2.05) is 11.8 Å². The van der Waals surface area contributed by atoms with Gasteiger partial charge in [0, 0.05) is 13.1 Å². The highest BCUT2D eigenvalue weighted by molar-refractivity contribution is 6.30. The molecule has 0 aromatic heterocycles. The van der Waals surface area contributed by atoms with Crippen molar-refractivity contribution in [1.82, 2.24) is 4.90 Å². The van der Waals surface area contributed by atoms with Crippen molar-refractivity contribution in [1.29, 1.82) is 0 Å². The quantitative estimate of drug-likeness (QED) is 0.631. The Labute approximate surface area is 85.2 Å². The van der Waals surface area contributed by atoms with Crippen molar-refractivity contribution < 1.29 is 4.79 Å². The fraction of sp³-hybridized carbons (Fsp3) is 0.900. The Hall–Kier alpha value is -0.240. The van der Waals surface area contributed by atoms with Gasteiger partial charge in [0.1, 0.15) is 5.38 Å². The van der Waals surface area contributed by atoms with Crippen molar-refractivity contribution in [3.8, 4) is 0 Å². The van der Waals surface area contributed by atoms with Gasteiger partial charge >= 0.3 is 0 Å². The lowest BCUT2D eigenvalue weighted by Crippen LogP contribution is -2.42. The third-order valence-electron chi connectivity index (χ3n) is 2.60. The van der Waals surface area contributed by atoms with Crippen LogP contribution in [0.2, 0.25) is 0 Å². The van der Waals surface area contributed by atoms with E-state index in [1.54, 1.807) is 0 Å². The number of amides is 1. The minimum atomic E-state index is -0.315. The third-order valence-corrected chi connectivity index (χ3v) is 3.09. The summed E-state index contributed by atoms with van der Waals surface area (Å²) in [4.78, 5) is 13.6. The maximum absolute atomic E-state index is 11.7. The molecule has 0 aromatic carbocycles. The van der Waals surface area contributed by atoms with E-state index in [9.17, 15) is 4.79 Å². The number of likely N-dealkylation sites (tertiary alicyclic amines) is 1. The van der Waals surface area contributed by atoms with Crippen LogP contribution >= 0.6 is 11.6 Å². The first kappa shape index (κ1) is 10.8. The van der Waals surface area contributed by atoms with E-state index in [1.165, 1.54) is 6.42 Å². The maximum Gasteiger partial charge on any atom is 0.240 e. The second kappa shape index (κ2) is 4.85. The number of halogens is 1. The first-order valence-electron chi connectivity index (χ1n) is 5.08. The molecule has 1 rings (SSSR count). The average molecular weight is 204 g/mol. The van der Waals surface area contributed by atoms with Gasteiger partial charge in [0.05, 0.1) is 0 Å². The molecule has 0 spiro atoms. The monoisotopic (exact) mass is 203 g/mol. The van der Waals surface area contributed by atoms with E-state index < -0.39 is 0 Å². The van der Waals surface area contributed by atoms with Crippen LogP contribution in [0.5, 0.6) is 0 Å². The summed E-state index contributed by atoms with van der Waals surface area (Å²) in [6.07, 6.45) is 3.09. The third kappa shape index (κ3) is 2.87. The van der Waals surface area contributed by atoms with Crippen molar-refractivity contribution in [3.05, 3.63) is 0 Å². The van der Waals surface area contributed by atoms with Gasteiger partial charge in [0.2, 0.25) is 5.91 Å². The van der Waals surface area contributed by atoms with E-state index in [0.717, 1.165) is 25.9 Å².